The van der Waals surface area contributed by atoms with Crippen LogP contribution in [0.15, 0.2) is 24.3 Å². The Hall–Kier alpha value is -1.92. The van der Waals surface area contributed by atoms with Gasteiger partial charge in [-0.2, -0.15) is 0 Å². The van der Waals surface area contributed by atoms with Gasteiger partial charge < -0.3 is 14.5 Å². The zero-order valence-electron chi connectivity index (χ0n) is 16.6. The molecule has 152 valence electrons. The Morgan fingerprint density at radius 2 is 1.61 bits per heavy atom. The van der Waals surface area contributed by atoms with Crippen molar-refractivity contribution in [1.82, 2.24) is 14.7 Å². The predicted octanol–water partition coefficient (Wildman–Crippen LogP) is 1.99. The molecule has 3 aliphatic heterocycles. The van der Waals surface area contributed by atoms with Crippen molar-refractivity contribution in [2.75, 3.05) is 52.5 Å². The highest BCUT2D eigenvalue weighted by molar-refractivity contribution is 5.94. The van der Waals surface area contributed by atoms with Crippen molar-refractivity contribution in [3.8, 4) is 0 Å². The first-order valence-corrected chi connectivity index (χ1v) is 10.7. The molecule has 4 rings (SSSR count). The number of hydrogen-bond acceptors (Lipinski definition) is 4. The Morgan fingerprint density at radius 3 is 2.32 bits per heavy atom. The molecule has 1 aromatic rings. The second kappa shape index (κ2) is 9.05. The highest BCUT2D eigenvalue weighted by Gasteiger charge is 2.30. The zero-order chi connectivity index (χ0) is 19.3. The molecule has 1 unspecified atom stereocenters. The van der Waals surface area contributed by atoms with E-state index in [4.69, 9.17) is 4.74 Å². The van der Waals surface area contributed by atoms with Crippen LogP contribution in [0, 0.1) is 5.92 Å². The second-order valence-corrected chi connectivity index (χ2v) is 8.21. The fourth-order valence-electron chi connectivity index (χ4n) is 4.56. The third kappa shape index (κ3) is 4.55. The first-order chi connectivity index (χ1) is 13.7. The third-order valence-corrected chi connectivity index (χ3v) is 6.18. The number of carbonyl (C=O) groups is 2. The molecule has 28 heavy (non-hydrogen) atoms. The molecule has 3 heterocycles. The van der Waals surface area contributed by atoms with Gasteiger partial charge in [0.25, 0.3) is 5.91 Å². The van der Waals surface area contributed by atoms with Gasteiger partial charge in [0.05, 0.1) is 19.1 Å². The minimum Gasteiger partial charge on any atom is -0.378 e. The van der Waals surface area contributed by atoms with E-state index in [0.29, 0.717) is 19.1 Å². The molecule has 0 aromatic heterocycles. The number of rotatable bonds is 4. The van der Waals surface area contributed by atoms with Gasteiger partial charge in [0.15, 0.2) is 0 Å². The lowest BCUT2D eigenvalue weighted by atomic mass is 9.95. The zero-order valence-corrected chi connectivity index (χ0v) is 16.6. The molecule has 6 nitrogen and oxygen atoms in total. The van der Waals surface area contributed by atoms with Crippen LogP contribution in [0.4, 0.5) is 0 Å². The third-order valence-electron chi connectivity index (χ3n) is 6.18. The number of hydrogen-bond donors (Lipinski definition) is 0. The van der Waals surface area contributed by atoms with Gasteiger partial charge in [-0.25, -0.2) is 0 Å². The van der Waals surface area contributed by atoms with E-state index < -0.39 is 0 Å². The van der Waals surface area contributed by atoms with Gasteiger partial charge in [-0.15, -0.1) is 0 Å². The molecule has 3 saturated heterocycles. The number of benzene rings is 1. The Labute approximate surface area is 167 Å². The van der Waals surface area contributed by atoms with Crippen molar-refractivity contribution in [3.05, 3.63) is 35.4 Å². The first kappa shape index (κ1) is 19.4. The maximum absolute atomic E-state index is 12.8. The number of carbonyl (C=O) groups excluding carboxylic acids is 2. The minimum atomic E-state index is 0.0999. The molecule has 0 radical (unpaired) electrons. The van der Waals surface area contributed by atoms with Crippen LogP contribution in [-0.4, -0.2) is 79.0 Å². The fourth-order valence-corrected chi connectivity index (χ4v) is 4.56. The number of piperidine rings is 1. The molecule has 1 atom stereocenters. The molecule has 0 bridgehead atoms. The summed E-state index contributed by atoms with van der Waals surface area (Å²) in [5.41, 5.74) is 1.99. The van der Waals surface area contributed by atoms with E-state index in [1.165, 1.54) is 5.56 Å². The summed E-state index contributed by atoms with van der Waals surface area (Å²) in [6.07, 6.45) is 4.27. The molecule has 2 amide bonds. The summed E-state index contributed by atoms with van der Waals surface area (Å²) < 4.78 is 5.36. The van der Waals surface area contributed by atoms with E-state index in [0.717, 1.165) is 77.1 Å². The maximum Gasteiger partial charge on any atom is 0.253 e. The summed E-state index contributed by atoms with van der Waals surface area (Å²) in [6, 6.07) is 8.04. The van der Waals surface area contributed by atoms with Crippen LogP contribution in [0.25, 0.3) is 0 Å². The van der Waals surface area contributed by atoms with Crippen LogP contribution in [0.2, 0.25) is 0 Å². The Balaban J connectivity index is 1.32. The van der Waals surface area contributed by atoms with E-state index in [2.05, 4.69) is 17.0 Å². The van der Waals surface area contributed by atoms with Crippen LogP contribution in [0.1, 0.15) is 41.6 Å². The highest BCUT2D eigenvalue weighted by atomic mass is 16.5. The van der Waals surface area contributed by atoms with E-state index in [1.54, 1.807) is 0 Å². The molecular formula is C22H31N3O3. The van der Waals surface area contributed by atoms with Crippen molar-refractivity contribution < 1.29 is 14.3 Å². The highest BCUT2D eigenvalue weighted by Crippen LogP contribution is 2.22. The fraction of sp³-hybridized carbons (Fsp3) is 0.636. The summed E-state index contributed by atoms with van der Waals surface area (Å²) in [6.45, 7) is 7.22. The summed E-state index contributed by atoms with van der Waals surface area (Å²) in [4.78, 5) is 31.6. The van der Waals surface area contributed by atoms with Gasteiger partial charge in [0.2, 0.25) is 5.91 Å². The molecule has 0 aliphatic carbocycles. The lowest BCUT2D eigenvalue weighted by Gasteiger charge is -2.36. The molecule has 6 heteroatoms. The van der Waals surface area contributed by atoms with Crippen molar-refractivity contribution >= 4 is 11.8 Å². The van der Waals surface area contributed by atoms with E-state index in [-0.39, 0.29) is 11.8 Å². The molecule has 0 saturated carbocycles. The number of amides is 2. The van der Waals surface area contributed by atoms with Crippen LogP contribution in [-0.2, 0) is 16.1 Å². The van der Waals surface area contributed by atoms with Crippen molar-refractivity contribution in [2.24, 2.45) is 5.92 Å². The number of morpholine rings is 1. The number of likely N-dealkylation sites (tertiary alicyclic amines) is 2. The van der Waals surface area contributed by atoms with Crippen LogP contribution >= 0.6 is 0 Å². The van der Waals surface area contributed by atoms with Crippen molar-refractivity contribution in [1.29, 1.82) is 0 Å². The van der Waals surface area contributed by atoms with E-state index in [9.17, 15) is 9.59 Å². The maximum atomic E-state index is 12.8. The lowest BCUT2D eigenvalue weighted by molar-refractivity contribution is -0.141. The molecular weight excluding hydrogens is 354 g/mol. The Kier molecular flexibility index (Phi) is 6.27. The lowest BCUT2D eigenvalue weighted by Crippen LogP contribution is -2.48. The smallest absolute Gasteiger partial charge is 0.253 e. The number of nitrogens with zero attached hydrogens (tertiary/aromatic N) is 3. The van der Waals surface area contributed by atoms with Gasteiger partial charge >= 0.3 is 0 Å². The van der Waals surface area contributed by atoms with Crippen LogP contribution < -0.4 is 0 Å². The normalized spacial score (nSPS) is 23.8. The molecule has 0 N–H and O–H groups in total. The van der Waals surface area contributed by atoms with E-state index >= 15 is 0 Å². The van der Waals surface area contributed by atoms with Crippen LogP contribution in [0.3, 0.4) is 0 Å². The summed E-state index contributed by atoms with van der Waals surface area (Å²) in [7, 11) is 0. The summed E-state index contributed by atoms with van der Waals surface area (Å²) >= 11 is 0. The van der Waals surface area contributed by atoms with Crippen molar-refractivity contribution in [3.63, 3.8) is 0 Å². The topological polar surface area (TPSA) is 53.1 Å². The van der Waals surface area contributed by atoms with Crippen molar-refractivity contribution in [2.45, 2.75) is 32.2 Å². The standard InChI is InChI=1S/C22H31N3O3/c26-21(24-10-1-2-11-24)19-7-5-18(6-8-19)16-23-9-3-4-20(17-23)22(27)25-12-14-28-15-13-25/h5-8,20H,1-4,9-17H2. The largest absolute Gasteiger partial charge is 0.378 e. The van der Waals surface area contributed by atoms with Gasteiger partial charge in [-0.3, -0.25) is 14.5 Å². The average Bonchev–Trinajstić information content (AvgIpc) is 3.29. The van der Waals surface area contributed by atoms with Gasteiger partial charge in [0, 0.05) is 44.8 Å². The van der Waals surface area contributed by atoms with E-state index in [1.807, 2.05) is 21.9 Å². The average molecular weight is 386 g/mol. The second-order valence-electron chi connectivity index (χ2n) is 8.21. The molecule has 3 fully saturated rings. The predicted molar refractivity (Wildman–Crippen MR) is 107 cm³/mol. The van der Waals surface area contributed by atoms with Gasteiger partial charge in [-0.1, -0.05) is 12.1 Å². The summed E-state index contributed by atoms with van der Waals surface area (Å²) in [5, 5.41) is 0. The minimum absolute atomic E-state index is 0.0999. The molecule has 0 spiro atoms. The summed E-state index contributed by atoms with van der Waals surface area (Å²) in [5.74, 6) is 0.542. The van der Waals surface area contributed by atoms with Gasteiger partial charge in [0.1, 0.15) is 0 Å². The monoisotopic (exact) mass is 385 g/mol. The van der Waals surface area contributed by atoms with Crippen LogP contribution in [0.5, 0.6) is 0 Å². The first-order valence-electron chi connectivity index (χ1n) is 10.7. The SMILES string of the molecule is O=C(c1ccc(CN2CCCC(C(=O)N3CCOCC3)C2)cc1)N1CCCC1. The molecule has 1 aromatic carbocycles. The quantitative estimate of drug-likeness (QED) is 0.796. The molecule has 3 aliphatic rings. The van der Waals surface area contributed by atoms with Gasteiger partial charge in [-0.05, 0) is 49.9 Å². The Bertz CT molecular complexity index is 679. The Morgan fingerprint density at radius 1 is 0.893 bits per heavy atom. The number of ether oxygens (including phenoxy) is 1.